The Morgan fingerprint density at radius 3 is 2.57 bits per heavy atom. The van der Waals surface area contributed by atoms with Crippen LogP contribution >= 0.6 is 28.1 Å². The van der Waals surface area contributed by atoms with E-state index in [9.17, 15) is 13.2 Å². The van der Waals surface area contributed by atoms with Crippen molar-refractivity contribution in [3.8, 4) is 0 Å². The summed E-state index contributed by atoms with van der Waals surface area (Å²) in [6, 6.07) is 6.58. The standard InChI is InChI=1S/C13H9BrF3N3S/c14-8-4-3-7(13(15,16)17)6-10(8)20-9-2-1-5-19-11(9)12(18)21/h1-6,20H,(H2,18,21). The molecule has 0 radical (unpaired) electrons. The fourth-order valence-corrected chi connectivity index (χ4v) is 2.15. The molecular formula is C13H9BrF3N3S. The van der Waals surface area contributed by atoms with Crippen molar-refractivity contribution in [1.82, 2.24) is 4.98 Å². The van der Waals surface area contributed by atoms with Crippen molar-refractivity contribution in [1.29, 1.82) is 0 Å². The van der Waals surface area contributed by atoms with E-state index >= 15 is 0 Å². The highest BCUT2D eigenvalue weighted by Crippen LogP contribution is 2.35. The maximum Gasteiger partial charge on any atom is 0.416 e. The molecule has 1 aromatic carbocycles. The number of hydrogen-bond donors (Lipinski definition) is 2. The van der Waals surface area contributed by atoms with Crippen LogP contribution in [-0.4, -0.2) is 9.97 Å². The van der Waals surface area contributed by atoms with E-state index in [1.54, 1.807) is 12.1 Å². The van der Waals surface area contributed by atoms with Crippen LogP contribution in [0.2, 0.25) is 0 Å². The number of halogens is 4. The molecule has 0 saturated carbocycles. The molecule has 3 N–H and O–H groups in total. The van der Waals surface area contributed by atoms with Crippen LogP contribution in [0.4, 0.5) is 24.5 Å². The molecule has 0 aliphatic rings. The number of alkyl halides is 3. The molecule has 3 nitrogen and oxygen atoms in total. The molecule has 0 unspecified atom stereocenters. The zero-order valence-corrected chi connectivity index (χ0v) is 12.8. The largest absolute Gasteiger partial charge is 0.416 e. The summed E-state index contributed by atoms with van der Waals surface area (Å²) in [7, 11) is 0. The van der Waals surface area contributed by atoms with Gasteiger partial charge < -0.3 is 11.1 Å². The number of rotatable bonds is 3. The lowest BCUT2D eigenvalue weighted by Crippen LogP contribution is -2.14. The van der Waals surface area contributed by atoms with Crippen molar-refractivity contribution in [3.05, 3.63) is 52.3 Å². The minimum Gasteiger partial charge on any atom is -0.388 e. The van der Waals surface area contributed by atoms with Gasteiger partial charge in [0.05, 0.1) is 16.9 Å². The molecule has 0 saturated heterocycles. The average molecular weight is 376 g/mol. The minimum atomic E-state index is -4.42. The van der Waals surface area contributed by atoms with Gasteiger partial charge in [0.25, 0.3) is 0 Å². The third-order valence-corrected chi connectivity index (χ3v) is 3.49. The van der Waals surface area contributed by atoms with Crippen LogP contribution in [-0.2, 0) is 6.18 Å². The Kier molecular flexibility index (Phi) is 4.48. The predicted octanol–water partition coefficient (Wildman–Crippen LogP) is 4.24. The summed E-state index contributed by atoms with van der Waals surface area (Å²) in [5.74, 6) is 0. The van der Waals surface area contributed by atoms with Gasteiger partial charge in [-0.25, -0.2) is 0 Å². The number of nitrogens with two attached hydrogens (primary N) is 1. The summed E-state index contributed by atoms with van der Waals surface area (Å²) >= 11 is 8.07. The van der Waals surface area contributed by atoms with Crippen molar-refractivity contribution in [2.45, 2.75) is 6.18 Å². The second kappa shape index (κ2) is 5.98. The molecule has 0 spiro atoms. The fourth-order valence-electron chi connectivity index (χ4n) is 1.65. The van der Waals surface area contributed by atoms with E-state index in [1.165, 1.54) is 12.3 Å². The van der Waals surface area contributed by atoms with Crippen LogP contribution in [0, 0.1) is 0 Å². The fraction of sp³-hybridized carbons (Fsp3) is 0.0769. The van der Waals surface area contributed by atoms with Crippen LogP contribution in [0.3, 0.4) is 0 Å². The van der Waals surface area contributed by atoms with Crippen LogP contribution in [0.1, 0.15) is 11.3 Å². The van der Waals surface area contributed by atoms with E-state index in [0.29, 0.717) is 15.9 Å². The van der Waals surface area contributed by atoms with Gasteiger partial charge in [0.1, 0.15) is 10.7 Å². The third kappa shape index (κ3) is 3.70. The maximum absolute atomic E-state index is 12.7. The average Bonchev–Trinajstić information content (AvgIpc) is 2.40. The topological polar surface area (TPSA) is 50.9 Å². The number of aromatic nitrogens is 1. The molecule has 0 aliphatic carbocycles. The number of benzene rings is 1. The molecule has 2 rings (SSSR count). The van der Waals surface area contributed by atoms with Crippen molar-refractivity contribution in [2.24, 2.45) is 5.73 Å². The summed E-state index contributed by atoms with van der Waals surface area (Å²) in [6.07, 6.45) is -2.92. The molecule has 110 valence electrons. The van der Waals surface area contributed by atoms with E-state index in [1.807, 2.05) is 0 Å². The van der Waals surface area contributed by atoms with Crippen LogP contribution in [0.25, 0.3) is 0 Å². The van der Waals surface area contributed by atoms with E-state index in [0.717, 1.165) is 12.1 Å². The zero-order chi connectivity index (χ0) is 15.6. The SMILES string of the molecule is NC(=S)c1ncccc1Nc1cc(C(F)(F)F)ccc1Br. The van der Waals surface area contributed by atoms with Gasteiger partial charge in [-0.05, 0) is 46.3 Å². The van der Waals surface area contributed by atoms with Crippen LogP contribution in [0.5, 0.6) is 0 Å². The molecule has 1 heterocycles. The Balaban J connectivity index is 2.43. The second-order valence-electron chi connectivity index (χ2n) is 4.08. The minimum absolute atomic E-state index is 0.0567. The first-order chi connectivity index (χ1) is 9.79. The first-order valence-corrected chi connectivity index (χ1v) is 6.88. The number of thiocarbonyl (C=S) groups is 1. The first-order valence-electron chi connectivity index (χ1n) is 5.67. The van der Waals surface area contributed by atoms with Crippen LogP contribution in [0.15, 0.2) is 41.0 Å². The lowest BCUT2D eigenvalue weighted by Gasteiger charge is -2.14. The monoisotopic (exact) mass is 375 g/mol. The Hall–Kier alpha value is -1.67. The number of hydrogen-bond acceptors (Lipinski definition) is 3. The van der Waals surface area contributed by atoms with Gasteiger partial charge in [-0.3, -0.25) is 4.98 Å². The van der Waals surface area contributed by atoms with Gasteiger partial charge >= 0.3 is 6.18 Å². The molecule has 0 aliphatic heterocycles. The maximum atomic E-state index is 12.7. The molecule has 2 aromatic rings. The number of nitrogens with one attached hydrogen (secondary N) is 1. The van der Waals surface area contributed by atoms with Crippen molar-refractivity contribution in [2.75, 3.05) is 5.32 Å². The highest BCUT2D eigenvalue weighted by Gasteiger charge is 2.31. The Morgan fingerprint density at radius 1 is 1.24 bits per heavy atom. The lowest BCUT2D eigenvalue weighted by molar-refractivity contribution is -0.137. The zero-order valence-electron chi connectivity index (χ0n) is 10.4. The summed E-state index contributed by atoms with van der Waals surface area (Å²) in [6.45, 7) is 0. The van der Waals surface area contributed by atoms with Crippen molar-refractivity contribution >= 4 is 44.5 Å². The Bertz CT molecular complexity index is 689. The van der Waals surface area contributed by atoms with Gasteiger partial charge in [-0.2, -0.15) is 13.2 Å². The summed E-state index contributed by atoms with van der Waals surface area (Å²) in [5.41, 5.74) is 5.78. The molecule has 1 aromatic heterocycles. The smallest absolute Gasteiger partial charge is 0.388 e. The highest BCUT2D eigenvalue weighted by atomic mass is 79.9. The van der Waals surface area contributed by atoms with Gasteiger partial charge in [-0.1, -0.05) is 12.2 Å². The summed E-state index contributed by atoms with van der Waals surface area (Å²) in [5, 5.41) is 2.86. The van der Waals surface area contributed by atoms with Crippen LogP contribution < -0.4 is 11.1 Å². The van der Waals surface area contributed by atoms with Gasteiger partial charge in [-0.15, -0.1) is 0 Å². The molecule has 0 fully saturated rings. The molecule has 0 amide bonds. The molecule has 0 atom stereocenters. The second-order valence-corrected chi connectivity index (χ2v) is 5.38. The van der Waals surface area contributed by atoms with Crippen molar-refractivity contribution in [3.63, 3.8) is 0 Å². The Labute approximate surface area is 132 Å². The molecular weight excluding hydrogens is 367 g/mol. The van der Waals surface area contributed by atoms with E-state index < -0.39 is 11.7 Å². The van der Waals surface area contributed by atoms with E-state index in [-0.39, 0.29) is 10.7 Å². The first kappa shape index (κ1) is 15.7. The quantitative estimate of drug-likeness (QED) is 0.787. The van der Waals surface area contributed by atoms with Gasteiger partial charge in [0, 0.05) is 10.7 Å². The van der Waals surface area contributed by atoms with Gasteiger partial charge in [0.15, 0.2) is 0 Å². The molecule has 0 bridgehead atoms. The van der Waals surface area contributed by atoms with Crippen molar-refractivity contribution < 1.29 is 13.2 Å². The van der Waals surface area contributed by atoms with E-state index in [2.05, 4.69) is 26.2 Å². The normalized spacial score (nSPS) is 11.2. The molecule has 8 heteroatoms. The summed E-state index contributed by atoms with van der Waals surface area (Å²) in [4.78, 5) is 4.07. The summed E-state index contributed by atoms with van der Waals surface area (Å²) < 4.78 is 38.7. The predicted molar refractivity (Wildman–Crippen MR) is 82.6 cm³/mol. The van der Waals surface area contributed by atoms with Gasteiger partial charge in [0.2, 0.25) is 0 Å². The number of nitrogens with zero attached hydrogens (tertiary/aromatic N) is 1. The number of anilines is 2. The third-order valence-electron chi connectivity index (χ3n) is 2.60. The number of pyridine rings is 1. The highest BCUT2D eigenvalue weighted by molar-refractivity contribution is 9.10. The molecule has 21 heavy (non-hydrogen) atoms. The Morgan fingerprint density at radius 2 is 1.95 bits per heavy atom. The van der Waals surface area contributed by atoms with E-state index in [4.69, 9.17) is 18.0 Å². The lowest BCUT2D eigenvalue weighted by atomic mass is 10.2.